The van der Waals surface area contributed by atoms with Gasteiger partial charge in [-0.1, -0.05) is 125 Å². The zero-order valence-corrected chi connectivity index (χ0v) is 39.6. The average molecular weight is 975 g/mol. The first-order valence-electron chi connectivity index (χ1n) is 20.6. The minimum atomic E-state index is -0.613. The molecule has 8 N–H and O–H groups in total. The highest BCUT2D eigenvalue weighted by atomic mass is 35.5. The minimum Gasteiger partial charge on any atom is -0.398 e. The van der Waals surface area contributed by atoms with Crippen molar-refractivity contribution < 1.29 is 14.4 Å². The van der Waals surface area contributed by atoms with E-state index in [1.165, 1.54) is 0 Å². The molecule has 1 aliphatic heterocycles. The first-order chi connectivity index (χ1) is 32.1. The maximum absolute atomic E-state index is 13.2. The Hall–Kier alpha value is -7.29. The van der Waals surface area contributed by atoms with Crippen LogP contribution in [0.3, 0.4) is 0 Å². The van der Waals surface area contributed by atoms with Gasteiger partial charge >= 0.3 is 0 Å². The van der Waals surface area contributed by atoms with Crippen LogP contribution in [0.25, 0.3) is 34.2 Å². The quantitative estimate of drug-likeness (QED) is 0.0465. The van der Waals surface area contributed by atoms with Crippen LogP contribution in [0.15, 0.2) is 132 Å². The number of primary amides is 1. The molecule has 0 fully saturated rings. The van der Waals surface area contributed by atoms with Crippen LogP contribution in [-0.2, 0) is 18.9 Å². The van der Waals surface area contributed by atoms with Crippen molar-refractivity contribution in [2.24, 2.45) is 19.8 Å². The van der Waals surface area contributed by atoms with Gasteiger partial charge in [0.25, 0.3) is 11.8 Å². The Balaban J connectivity index is 0.000000169. The van der Waals surface area contributed by atoms with E-state index in [9.17, 15) is 14.4 Å². The van der Waals surface area contributed by atoms with Crippen molar-refractivity contribution in [3.8, 4) is 0 Å². The molecular weight excluding hydrogens is 930 g/mol. The topological polar surface area (TPSA) is 187 Å². The molecule has 1 aliphatic rings. The molecule has 2 aromatic heterocycles. The maximum Gasteiger partial charge on any atom is 0.257 e. The molecule has 3 heterocycles. The van der Waals surface area contributed by atoms with Crippen LogP contribution in [0.5, 0.6) is 0 Å². The van der Waals surface area contributed by atoms with Crippen LogP contribution >= 0.6 is 46.4 Å². The van der Waals surface area contributed by atoms with Crippen LogP contribution in [0, 0.1) is 0 Å². The second-order valence-electron chi connectivity index (χ2n) is 15.3. The van der Waals surface area contributed by atoms with Gasteiger partial charge in [-0.3, -0.25) is 14.4 Å². The SMILES string of the molecule is C/C(=C\c1ccccc1)C1NC(=O)c2c(ccc3nc(Nc4c(Cl)cccc4Cl)n(C)c23)N1.C/C(C=O)=C\c1ccccc1.Cn1c(Nc2c(Cl)cccc2Cl)nc2ccc(N)c(C(N)=O)c21. The van der Waals surface area contributed by atoms with Gasteiger partial charge in [0.1, 0.15) is 12.5 Å². The Bertz CT molecular complexity index is 3180. The molecule has 13 nitrogen and oxygen atoms in total. The largest absolute Gasteiger partial charge is 0.398 e. The van der Waals surface area contributed by atoms with Crippen molar-refractivity contribution in [1.82, 2.24) is 24.4 Å². The smallest absolute Gasteiger partial charge is 0.257 e. The molecule has 0 saturated carbocycles. The number of hydrogen-bond acceptors (Lipinski definition) is 9. The van der Waals surface area contributed by atoms with E-state index in [-0.39, 0.29) is 17.6 Å². The number of carbonyl (C=O) groups excluding carboxylic acids is 3. The lowest BCUT2D eigenvalue weighted by molar-refractivity contribution is -0.104. The summed E-state index contributed by atoms with van der Waals surface area (Å²) >= 11 is 24.9. The third-order valence-electron chi connectivity index (χ3n) is 10.6. The lowest BCUT2D eigenvalue weighted by Gasteiger charge is -2.29. The van der Waals surface area contributed by atoms with Crippen molar-refractivity contribution in [2.45, 2.75) is 20.0 Å². The Morgan fingerprint density at radius 2 is 1.13 bits per heavy atom. The summed E-state index contributed by atoms with van der Waals surface area (Å²) in [5, 5.41) is 14.7. The highest BCUT2D eigenvalue weighted by Crippen LogP contribution is 2.37. The summed E-state index contributed by atoms with van der Waals surface area (Å²) in [5.74, 6) is 0.218. The Morgan fingerprint density at radius 3 is 1.64 bits per heavy atom. The molecule has 8 aromatic rings. The molecule has 0 spiro atoms. The van der Waals surface area contributed by atoms with E-state index in [4.69, 9.17) is 57.9 Å². The Morgan fingerprint density at radius 1 is 0.657 bits per heavy atom. The number of halogens is 4. The number of aryl methyl sites for hydroxylation is 2. The fourth-order valence-electron chi connectivity index (χ4n) is 7.28. The summed E-state index contributed by atoms with van der Waals surface area (Å²) in [6, 6.07) is 37.4. The fourth-order valence-corrected chi connectivity index (χ4v) is 8.26. The number of aromatic nitrogens is 4. The third kappa shape index (κ3) is 10.7. The number of nitrogens with zero attached hydrogens (tertiary/aromatic N) is 4. The van der Waals surface area contributed by atoms with Gasteiger partial charge in [0.05, 0.1) is 70.3 Å². The molecule has 2 amide bonds. The highest BCUT2D eigenvalue weighted by molar-refractivity contribution is 6.40. The lowest BCUT2D eigenvalue weighted by atomic mass is 10.0. The number of carbonyl (C=O) groups is 3. The maximum atomic E-state index is 13.2. The van der Waals surface area contributed by atoms with E-state index in [0.29, 0.717) is 76.7 Å². The summed E-state index contributed by atoms with van der Waals surface area (Å²) in [7, 11) is 3.59. The summed E-state index contributed by atoms with van der Waals surface area (Å²) < 4.78 is 3.52. The van der Waals surface area contributed by atoms with Crippen molar-refractivity contribution in [2.75, 3.05) is 21.7 Å². The van der Waals surface area contributed by atoms with Gasteiger partial charge in [-0.25, -0.2) is 9.97 Å². The van der Waals surface area contributed by atoms with Gasteiger partial charge in [0.15, 0.2) is 0 Å². The zero-order valence-electron chi connectivity index (χ0n) is 36.5. The monoisotopic (exact) mass is 972 g/mol. The van der Waals surface area contributed by atoms with Gasteiger partial charge in [0, 0.05) is 19.8 Å². The molecule has 0 radical (unpaired) electrons. The molecule has 17 heteroatoms. The molecule has 9 rings (SSSR count). The van der Waals surface area contributed by atoms with Gasteiger partial charge < -0.3 is 41.9 Å². The number of rotatable bonds is 9. The molecule has 0 bridgehead atoms. The summed E-state index contributed by atoms with van der Waals surface area (Å²) in [5.41, 5.74) is 20.7. The standard InChI is InChI=1S/C25H21Cl2N5O.C15H13Cl2N5O.C10H10O/c1-14(13-15-7-4-3-5-8-15)23-28-18-11-12-19-22(20(18)24(33)31-23)32(2)25(29-19)30-21-16(26)9-6-10-17(21)27;1-22-13-10(6-5-9(18)11(13)14(19)23)20-15(22)21-12-7(16)3-2-4-8(12)17;1-9(8-11)7-10-5-3-2-4-6-10/h3-13,23,28H,1-2H3,(H,29,30)(H,31,33);2-6H,18H2,1H3,(H2,19,23)(H,20,21);2-8H,1H3/b14-13+;;9-7+. The van der Waals surface area contributed by atoms with Gasteiger partial charge in [0.2, 0.25) is 11.9 Å². The van der Waals surface area contributed by atoms with E-state index in [1.807, 2.05) is 97.4 Å². The molecule has 340 valence electrons. The first kappa shape index (κ1) is 47.7. The van der Waals surface area contributed by atoms with Crippen molar-refractivity contribution in [3.63, 3.8) is 0 Å². The average Bonchev–Trinajstić information content (AvgIpc) is 3.80. The molecule has 1 unspecified atom stereocenters. The van der Waals surface area contributed by atoms with Crippen molar-refractivity contribution >= 4 is 133 Å². The number of imidazole rings is 2. The predicted molar refractivity (Wildman–Crippen MR) is 275 cm³/mol. The predicted octanol–water partition coefficient (Wildman–Crippen LogP) is 11.8. The lowest BCUT2D eigenvalue weighted by Crippen LogP contribution is -2.45. The van der Waals surface area contributed by atoms with E-state index >= 15 is 0 Å². The van der Waals surface area contributed by atoms with Gasteiger partial charge in [-0.15, -0.1) is 0 Å². The zero-order chi connectivity index (χ0) is 47.9. The number of aldehydes is 1. The second-order valence-corrected chi connectivity index (χ2v) is 16.9. The van der Waals surface area contributed by atoms with E-state index in [1.54, 1.807) is 67.1 Å². The molecule has 6 aromatic carbocycles. The van der Waals surface area contributed by atoms with Gasteiger partial charge in [-0.2, -0.15) is 0 Å². The Kier molecular flexibility index (Phi) is 14.9. The number of fused-ring (bicyclic) bond motifs is 4. The minimum absolute atomic E-state index is 0.162. The number of hydrogen-bond donors (Lipinski definition) is 6. The van der Waals surface area contributed by atoms with E-state index in [2.05, 4.69) is 37.3 Å². The summed E-state index contributed by atoms with van der Waals surface area (Å²) in [6.07, 6.45) is 4.45. The van der Waals surface area contributed by atoms with Crippen LogP contribution in [0.4, 0.5) is 34.6 Å². The normalized spacial score (nSPS) is 13.3. The number of nitrogens with two attached hydrogens (primary N) is 2. The number of amides is 2. The number of para-hydroxylation sites is 2. The second kappa shape index (κ2) is 20.9. The van der Waals surface area contributed by atoms with Crippen molar-refractivity contribution in [3.05, 3.63) is 175 Å². The Labute approximate surface area is 406 Å². The van der Waals surface area contributed by atoms with Crippen LogP contribution in [0.1, 0.15) is 45.7 Å². The first-order valence-corrected chi connectivity index (χ1v) is 22.1. The van der Waals surface area contributed by atoms with E-state index in [0.717, 1.165) is 34.2 Å². The molecule has 67 heavy (non-hydrogen) atoms. The van der Waals surface area contributed by atoms with E-state index < -0.39 is 5.91 Å². The number of benzene rings is 6. The molecule has 0 aliphatic carbocycles. The summed E-state index contributed by atoms with van der Waals surface area (Å²) in [4.78, 5) is 44.3. The fraction of sp³-hybridized carbons (Fsp3) is 0.100. The number of nitrogen functional groups attached to an aromatic ring is 1. The van der Waals surface area contributed by atoms with Gasteiger partial charge in [-0.05, 0) is 90.7 Å². The summed E-state index contributed by atoms with van der Waals surface area (Å²) in [6.45, 7) is 3.79. The molecule has 1 atom stereocenters. The number of nitrogens with one attached hydrogen (secondary N) is 4. The number of allylic oxidation sites excluding steroid dienone is 1. The van der Waals surface area contributed by atoms with Crippen LogP contribution in [-0.4, -0.2) is 43.4 Å². The van der Waals surface area contributed by atoms with Crippen LogP contribution < -0.4 is 32.7 Å². The highest BCUT2D eigenvalue weighted by Gasteiger charge is 2.29. The van der Waals surface area contributed by atoms with Crippen LogP contribution in [0.2, 0.25) is 20.1 Å². The third-order valence-corrected chi connectivity index (χ3v) is 11.8. The number of anilines is 6. The molecule has 0 saturated heterocycles. The van der Waals surface area contributed by atoms with Crippen molar-refractivity contribution in [1.29, 1.82) is 0 Å². The molecular formula is C50H44Cl4N10O3.